The molecule has 0 aliphatic heterocycles. The lowest BCUT2D eigenvalue weighted by atomic mass is 10.1. The van der Waals surface area contributed by atoms with Crippen LogP contribution in [0.4, 0.5) is 0 Å². The molecule has 0 saturated carbocycles. The number of hydrogen-bond donors (Lipinski definition) is 1. The quantitative estimate of drug-likeness (QED) is 0.620. The first-order chi connectivity index (χ1) is 6.49. The molecule has 0 fully saturated rings. The number of benzene rings is 1. The molecule has 1 aromatic rings. The molecule has 14 heavy (non-hydrogen) atoms. The van der Waals surface area contributed by atoms with Gasteiger partial charge in [0.2, 0.25) is 0 Å². The van der Waals surface area contributed by atoms with Crippen LogP contribution in [0, 0.1) is 6.92 Å². The molecule has 1 rings (SSSR count). The molecule has 1 N–H and O–H groups in total. The summed E-state index contributed by atoms with van der Waals surface area (Å²) in [4.78, 5) is 11.4. The molecule has 76 valence electrons. The van der Waals surface area contributed by atoms with Crippen LogP contribution in [0.1, 0.15) is 15.9 Å². The standard InChI is InChI=1S/C9H7Br3O2/c1-4-6(11)2-5(7(13)3-10)9(14)8(4)12/h2,14H,3H2,1H3. The molecule has 0 amide bonds. The third kappa shape index (κ3) is 2.20. The van der Waals surface area contributed by atoms with Gasteiger partial charge < -0.3 is 5.11 Å². The Hall–Kier alpha value is 0.130. The maximum absolute atomic E-state index is 11.4. The average molecular weight is 387 g/mol. The van der Waals surface area contributed by atoms with Gasteiger partial charge in [-0.25, -0.2) is 0 Å². The van der Waals surface area contributed by atoms with E-state index < -0.39 is 0 Å². The van der Waals surface area contributed by atoms with Crippen LogP contribution in [0.25, 0.3) is 0 Å². The molecule has 0 saturated heterocycles. The number of carbonyl (C=O) groups is 1. The molecule has 0 aliphatic rings. The first kappa shape index (κ1) is 12.2. The predicted octanol–water partition coefficient (Wildman–Crippen LogP) is 3.80. The summed E-state index contributed by atoms with van der Waals surface area (Å²) in [6, 6.07) is 1.62. The van der Waals surface area contributed by atoms with Gasteiger partial charge in [0.15, 0.2) is 5.78 Å². The fourth-order valence-electron chi connectivity index (χ4n) is 0.989. The largest absolute Gasteiger partial charge is 0.506 e. The highest BCUT2D eigenvalue weighted by atomic mass is 79.9. The Balaban J connectivity index is 3.40. The normalized spacial score (nSPS) is 10.3. The van der Waals surface area contributed by atoms with Gasteiger partial charge >= 0.3 is 0 Å². The number of rotatable bonds is 2. The number of ketones is 1. The number of aromatic hydroxyl groups is 1. The van der Waals surface area contributed by atoms with E-state index in [9.17, 15) is 9.90 Å². The molecular weight excluding hydrogens is 380 g/mol. The molecule has 0 radical (unpaired) electrons. The number of alkyl halides is 1. The molecule has 0 atom stereocenters. The number of hydrogen-bond acceptors (Lipinski definition) is 2. The molecule has 5 heteroatoms. The van der Waals surface area contributed by atoms with Gasteiger partial charge in [-0.2, -0.15) is 0 Å². The summed E-state index contributed by atoms with van der Waals surface area (Å²) in [5, 5.41) is 9.89. The lowest BCUT2D eigenvalue weighted by Gasteiger charge is -2.08. The third-order valence-electron chi connectivity index (χ3n) is 1.84. The fourth-order valence-corrected chi connectivity index (χ4v) is 2.41. The van der Waals surface area contributed by atoms with Crippen molar-refractivity contribution < 1.29 is 9.90 Å². The van der Waals surface area contributed by atoms with E-state index in [0.717, 1.165) is 10.0 Å². The average Bonchev–Trinajstić information content (AvgIpc) is 2.19. The SMILES string of the molecule is Cc1c(Br)cc(C(=O)CBr)c(O)c1Br. The summed E-state index contributed by atoms with van der Waals surface area (Å²) in [5.74, 6) is -0.154. The van der Waals surface area contributed by atoms with Crippen LogP contribution >= 0.6 is 47.8 Å². The minimum absolute atomic E-state index is 0.00449. The minimum atomic E-state index is -0.149. The van der Waals surface area contributed by atoms with Crippen molar-refractivity contribution in [1.29, 1.82) is 0 Å². The molecule has 0 spiro atoms. The van der Waals surface area contributed by atoms with E-state index in [1.165, 1.54) is 0 Å². The molecule has 0 bridgehead atoms. The predicted molar refractivity (Wildman–Crippen MR) is 66.4 cm³/mol. The van der Waals surface area contributed by atoms with Crippen molar-refractivity contribution in [2.75, 3.05) is 5.33 Å². The van der Waals surface area contributed by atoms with Gasteiger partial charge in [-0.3, -0.25) is 4.79 Å². The summed E-state index contributed by atoms with van der Waals surface area (Å²) in [6.45, 7) is 1.84. The molecule has 0 aliphatic carbocycles. The van der Waals surface area contributed by atoms with Crippen molar-refractivity contribution in [2.45, 2.75) is 6.92 Å². The van der Waals surface area contributed by atoms with Crippen molar-refractivity contribution in [3.05, 3.63) is 26.1 Å². The van der Waals surface area contributed by atoms with Crippen molar-refractivity contribution in [3.8, 4) is 5.75 Å². The Bertz CT molecular complexity index is 388. The molecule has 1 aromatic carbocycles. The maximum Gasteiger partial charge on any atom is 0.177 e. The molecule has 0 unspecified atom stereocenters. The van der Waals surface area contributed by atoms with Crippen LogP contribution in [0.2, 0.25) is 0 Å². The summed E-state index contributed by atoms with van der Waals surface area (Å²) < 4.78 is 1.35. The first-order valence-electron chi connectivity index (χ1n) is 3.75. The number of Topliss-reactive ketones (excluding diaryl/α,β-unsaturated/α-hetero) is 1. The number of carbonyl (C=O) groups excluding carboxylic acids is 1. The minimum Gasteiger partial charge on any atom is -0.506 e. The monoisotopic (exact) mass is 384 g/mol. The highest BCUT2D eigenvalue weighted by Crippen LogP contribution is 2.36. The fraction of sp³-hybridized carbons (Fsp3) is 0.222. The summed E-state index contributed by atoms with van der Waals surface area (Å²) in [7, 11) is 0. The third-order valence-corrected chi connectivity index (χ3v) is 4.15. The summed E-state index contributed by atoms with van der Waals surface area (Å²) >= 11 is 9.61. The number of phenolic OH excluding ortho intramolecular Hbond substituents is 1. The van der Waals surface area contributed by atoms with Crippen LogP contribution in [0.3, 0.4) is 0 Å². The van der Waals surface area contributed by atoms with Gasteiger partial charge in [0.05, 0.1) is 15.4 Å². The van der Waals surface area contributed by atoms with Gasteiger partial charge in [-0.15, -0.1) is 0 Å². The van der Waals surface area contributed by atoms with E-state index in [-0.39, 0.29) is 16.9 Å². The van der Waals surface area contributed by atoms with Gasteiger partial charge in [0.1, 0.15) is 5.75 Å². The Morgan fingerprint density at radius 3 is 2.57 bits per heavy atom. The van der Waals surface area contributed by atoms with Gasteiger partial charge in [0, 0.05) is 4.47 Å². The zero-order chi connectivity index (χ0) is 10.9. The smallest absolute Gasteiger partial charge is 0.177 e. The van der Waals surface area contributed by atoms with Crippen LogP contribution < -0.4 is 0 Å². The summed E-state index contributed by atoms with van der Waals surface area (Å²) in [6.07, 6.45) is 0. The molecular formula is C9H7Br3O2. The van der Waals surface area contributed by atoms with Crippen molar-refractivity contribution in [3.63, 3.8) is 0 Å². The highest BCUT2D eigenvalue weighted by molar-refractivity contribution is 9.11. The van der Waals surface area contributed by atoms with Crippen LogP contribution in [0.5, 0.6) is 5.75 Å². The number of phenols is 1. The van der Waals surface area contributed by atoms with E-state index >= 15 is 0 Å². The second kappa shape index (κ2) is 4.77. The van der Waals surface area contributed by atoms with Crippen molar-refractivity contribution in [2.24, 2.45) is 0 Å². The molecule has 2 nitrogen and oxygen atoms in total. The Morgan fingerprint density at radius 2 is 2.07 bits per heavy atom. The first-order valence-corrected chi connectivity index (χ1v) is 6.46. The van der Waals surface area contributed by atoms with Crippen molar-refractivity contribution in [1.82, 2.24) is 0 Å². The van der Waals surface area contributed by atoms with Crippen molar-refractivity contribution >= 4 is 53.6 Å². The zero-order valence-corrected chi connectivity index (χ0v) is 12.0. The number of halogens is 3. The van der Waals surface area contributed by atoms with Gasteiger partial charge in [0.25, 0.3) is 0 Å². The van der Waals surface area contributed by atoms with Crippen LogP contribution in [-0.2, 0) is 0 Å². The Morgan fingerprint density at radius 1 is 1.50 bits per heavy atom. The molecule has 0 heterocycles. The Labute approximate surface area is 107 Å². The molecule has 0 aromatic heterocycles. The lowest BCUT2D eigenvalue weighted by molar-refractivity contribution is 0.102. The zero-order valence-electron chi connectivity index (χ0n) is 7.27. The lowest BCUT2D eigenvalue weighted by Crippen LogP contribution is -2.01. The van der Waals surface area contributed by atoms with E-state index in [0.29, 0.717) is 10.0 Å². The van der Waals surface area contributed by atoms with Gasteiger partial charge in [-0.05, 0) is 34.5 Å². The second-order valence-electron chi connectivity index (χ2n) is 2.75. The maximum atomic E-state index is 11.4. The topological polar surface area (TPSA) is 37.3 Å². The second-order valence-corrected chi connectivity index (χ2v) is 4.96. The van der Waals surface area contributed by atoms with Crippen LogP contribution in [-0.4, -0.2) is 16.2 Å². The van der Waals surface area contributed by atoms with E-state index in [1.807, 2.05) is 6.92 Å². The van der Waals surface area contributed by atoms with E-state index in [4.69, 9.17) is 0 Å². The van der Waals surface area contributed by atoms with E-state index in [2.05, 4.69) is 47.8 Å². The van der Waals surface area contributed by atoms with Crippen LogP contribution in [0.15, 0.2) is 15.0 Å². The highest BCUT2D eigenvalue weighted by Gasteiger charge is 2.16. The summed E-state index contributed by atoms with van der Waals surface area (Å²) in [5.41, 5.74) is 1.18. The van der Waals surface area contributed by atoms with Gasteiger partial charge in [-0.1, -0.05) is 31.9 Å². The Kier molecular flexibility index (Phi) is 4.15. The van der Waals surface area contributed by atoms with E-state index in [1.54, 1.807) is 6.07 Å².